The van der Waals surface area contributed by atoms with Crippen molar-refractivity contribution in [1.29, 1.82) is 0 Å². The Hall–Kier alpha value is -13.9. The van der Waals surface area contributed by atoms with Crippen molar-refractivity contribution >= 4 is 152 Å². The highest BCUT2D eigenvalue weighted by Gasteiger charge is 2.42. The summed E-state index contributed by atoms with van der Waals surface area (Å²) in [6, 6.07) is 113. The highest BCUT2D eigenvalue weighted by molar-refractivity contribution is 7.25. The minimum Gasteiger partial charge on any atom is -0.454 e. The normalized spacial score (nSPS) is 15.1. The highest BCUT2D eigenvalue weighted by atomic mass is 32.1. The molecular weight excluding hydrogens is 1460 g/mol. The van der Waals surface area contributed by atoms with Gasteiger partial charge in [-0.15, -0.1) is 11.3 Å². The average molecular weight is 1530 g/mol. The Morgan fingerprint density at radius 3 is 1.06 bits per heavy atom. The summed E-state index contributed by atoms with van der Waals surface area (Å²) in [5.41, 5.74) is 35.0. The number of para-hydroxylation sites is 9. The van der Waals surface area contributed by atoms with Gasteiger partial charge in [-0.2, -0.15) is 0 Å². The molecule has 118 heavy (non-hydrogen) atoms. The van der Waals surface area contributed by atoms with Crippen LogP contribution in [0.2, 0.25) is 0 Å². The predicted molar refractivity (Wildman–Crippen MR) is 490 cm³/mol. The fourth-order valence-electron chi connectivity index (χ4n) is 22.2. The topological polar surface area (TPSA) is 67.0 Å². The summed E-state index contributed by atoms with van der Waals surface area (Å²) in [7, 11) is 0. The van der Waals surface area contributed by atoms with Crippen molar-refractivity contribution in [3.8, 4) is 45.0 Å². The van der Waals surface area contributed by atoms with Gasteiger partial charge in [-0.3, -0.25) is 9.59 Å². The molecule has 0 unspecified atom stereocenters. The van der Waals surface area contributed by atoms with Crippen LogP contribution in [0, 0.1) is 0 Å². The molecule has 0 saturated carbocycles. The first-order valence-electron chi connectivity index (χ1n) is 41.1. The molecule has 560 valence electrons. The Labute approximate surface area is 684 Å². The second kappa shape index (κ2) is 23.4. The van der Waals surface area contributed by atoms with Crippen molar-refractivity contribution in [3.63, 3.8) is 0 Å². The molecule has 0 bridgehead atoms. The van der Waals surface area contributed by atoms with E-state index >= 15 is 0 Å². The summed E-state index contributed by atoms with van der Waals surface area (Å²) in [5, 5.41) is 15.2. The second-order valence-electron chi connectivity index (χ2n) is 35.2. The zero-order valence-corrected chi connectivity index (χ0v) is 67.3. The number of aromatic nitrogens is 4. The van der Waals surface area contributed by atoms with Crippen molar-refractivity contribution in [2.24, 2.45) is 0 Å². The molecule has 6 aliphatic rings. The van der Waals surface area contributed by atoms with Crippen LogP contribution in [0.4, 0.5) is 0 Å². The molecule has 0 amide bonds. The largest absolute Gasteiger partial charge is 0.454 e. The van der Waals surface area contributed by atoms with Crippen molar-refractivity contribution in [2.45, 2.75) is 77.0 Å². The Balaban J connectivity index is 0.0000000876. The number of furan rings is 1. The van der Waals surface area contributed by atoms with Gasteiger partial charge in [-0.25, -0.2) is 0 Å². The summed E-state index contributed by atoms with van der Waals surface area (Å²) in [6.45, 7) is 18.6. The molecular formula is C110H76N4O3S. The summed E-state index contributed by atoms with van der Waals surface area (Å²) >= 11 is 1.90. The minimum absolute atomic E-state index is 0.00937. The third-order valence-electron chi connectivity index (χ3n) is 27.8. The van der Waals surface area contributed by atoms with Crippen LogP contribution in [0.15, 0.2) is 320 Å². The van der Waals surface area contributed by atoms with E-state index in [1.807, 2.05) is 53.8 Å². The first kappa shape index (κ1) is 67.4. The Kier molecular flexibility index (Phi) is 13.4. The summed E-state index contributed by atoms with van der Waals surface area (Å²) in [6.07, 6.45) is 0. The molecule has 28 rings (SSSR count). The van der Waals surface area contributed by atoms with Crippen LogP contribution < -0.4 is 0 Å². The smallest absolute Gasteiger partial charge is 0.194 e. The van der Waals surface area contributed by atoms with Gasteiger partial charge >= 0.3 is 0 Å². The van der Waals surface area contributed by atoms with Crippen molar-refractivity contribution < 1.29 is 14.0 Å². The fraction of sp³-hybridized carbons (Fsp3) is 0.109. The van der Waals surface area contributed by atoms with Crippen molar-refractivity contribution in [2.75, 3.05) is 0 Å². The number of nitrogens with zero attached hydrogens (tertiary/aromatic N) is 4. The standard InChI is InChI=1S/2C28H19NO.C27H19NO.C27H19NS/c1-28(2)22-11-5-6-13-24(22)29-25-15-19-16-8-3-4-9-18(16)27(30)21(19)14-20(25)17-10-7-12-23(28)26(17)29;1-28(2)22-11-5-6-13-24(22)29-25-15-21-19(16-8-3-4-9-18(16)27(21)30)14-20(25)17-10-7-12-23(28)26(17)29;1-27(2)20-10-4-5-12-22(20)28-24-17(9-7-11-21(24)27)18-14-15-19-16-8-3-6-13-23(16)29-26(19)25(18)28;1-27(2)20-10-4-5-12-22(20)28-23-15-25-19(16-8-3-6-13-24(16)29-25)14-18(23)17-9-7-11-21(27)26(17)28/h2*3-15H,1-2H3;2*3-15H,1-2H3. The fourth-order valence-corrected chi connectivity index (χ4v) is 23.3. The number of benzene rings is 16. The van der Waals surface area contributed by atoms with Gasteiger partial charge < -0.3 is 22.7 Å². The van der Waals surface area contributed by atoms with E-state index in [9.17, 15) is 9.59 Å². The van der Waals surface area contributed by atoms with Crippen molar-refractivity contribution in [1.82, 2.24) is 18.3 Å². The molecule has 7 nitrogen and oxygen atoms in total. The lowest BCUT2D eigenvalue weighted by Gasteiger charge is -2.34. The molecule has 4 aliphatic heterocycles. The lowest BCUT2D eigenvalue weighted by Crippen LogP contribution is -2.26. The SMILES string of the molecule is CC1(C)c2ccccc2-n2c3c1cccc3c1ccc3c4ccccc4oc3c12.CC1(C)c2ccccc2-n2c3cc4c(cc3c3cccc1c32)-c1ccccc1C4=O.CC1(C)c2ccccc2-n2c3cc4c(cc3c3cccc1c32)C(=O)c1ccccc1-4.CC1(C)c2ccccc2-n2c3cc4sc5ccccc5c4cc3c3cccc1c32. The zero-order chi connectivity index (χ0) is 79.1. The van der Waals surface area contributed by atoms with E-state index in [2.05, 4.69) is 347 Å². The van der Waals surface area contributed by atoms with E-state index in [1.165, 1.54) is 175 Å². The van der Waals surface area contributed by atoms with E-state index in [0.29, 0.717) is 0 Å². The molecule has 2 aliphatic carbocycles. The molecule has 0 N–H and O–H groups in total. The van der Waals surface area contributed by atoms with Crippen LogP contribution in [0.1, 0.15) is 132 Å². The Morgan fingerprint density at radius 2 is 0.559 bits per heavy atom. The molecule has 6 aromatic heterocycles. The number of hydrogen-bond acceptors (Lipinski definition) is 4. The van der Waals surface area contributed by atoms with Gasteiger partial charge in [0.1, 0.15) is 5.58 Å². The van der Waals surface area contributed by atoms with E-state index in [-0.39, 0.29) is 33.2 Å². The summed E-state index contributed by atoms with van der Waals surface area (Å²) < 4.78 is 18.9. The minimum atomic E-state index is -0.0778. The van der Waals surface area contributed by atoms with Crippen LogP contribution in [-0.2, 0) is 21.7 Å². The number of hydrogen-bond donors (Lipinski definition) is 0. The number of rotatable bonds is 0. The maximum Gasteiger partial charge on any atom is 0.194 e. The quantitative estimate of drug-likeness (QED) is 0.152. The Bertz CT molecular complexity index is 8360. The van der Waals surface area contributed by atoms with Crippen LogP contribution in [0.5, 0.6) is 0 Å². The number of carbonyl (C=O) groups is 2. The van der Waals surface area contributed by atoms with Crippen LogP contribution in [0.3, 0.4) is 0 Å². The van der Waals surface area contributed by atoms with Crippen LogP contribution in [-0.4, -0.2) is 29.8 Å². The second-order valence-corrected chi connectivity index (χ2v) is 36.3. The average Bonchev–Trinajstić information content (AvgIpc) is 1.53. The van der Waals surface area contributed by atoms with E-state index in [1.54, 1.807) is 0 Å². The number of thiophene rings is 1. The lowest BCUT2D eigenvalue weighted by molar-refractivity contribution is 0.103. The zero-order valence-electron chi connectivity index (χ0n) is 66.4. The van der Waals surface area contributed by atoms with E-state index in [0.717, 1.165) is 66.6 Å². The number of carbonyl (C=O) groups excluding carboxylic acids is 2. The van der Waals surface area contributed by atoms with Gasteiger partial charge in [-0.1, -0.05) is 292 Å². The predicted octanol–water partition coefficient (Wildman–Crippen LogP) is 28.4. The van der Waals surface area contributed by atoms with Gasteiger partial charge in [0.05, 0.1) is 66.9 Å². The summed E-state index contributed by atoms with van der Waals surface area (Å²) in [4.78, 5) is 26.3. The maximum absolute atomic E-state index is 13.2. The molecule has 0 radical (unpaired) electrons. The van der Waals surface area contributed by atoms with Crippen LogP contribution >= 0.6 is 11.3 Å². The molecule has 0 atom stereocenters. The highest BCUT2D eigenvalue weighted by Crippen LogP contribution is 2.56. The molecule has 16 aromatic carbocycles. The molecule has 22 aromatic rings. The molecule has 8 heteroatoms. The van der Waals surface area contributed by atoms with E-state index in [4.69, 9.17) is 4.42 Å². The third-order valence-corrected chi connectivity index (χ3v) is 28.9. The van der Waals surface area contributed by atoms with Gasteiger partial charge in [0.15, 0.2) is 17.1 Å². The number of ketones is 2. The van der Waals surface area contributed by atoms with Crippen molar-refractivity contribution in [3.05, 3.63) is 382 Å². The maximum atomic E-state index is 13.2. The monoisotopic (exact) mass is 1530 g/mol. The van der Waals surface area contributed by atoms with E-state index < -0.39 is 0 Å². The van der Waals surface area contributed by atoms with Crippen LogP contribution in [0.25, 0.3) is 174 Å². The first-order valence-corrected chi connectivity index (χ1v) is 41.9. The van der Waals surface area contributed by atoms with Gasteiger partial charge in [0, 0.05) is 118 Å². The molecule has 0 spiro atoms. The Morgan fingerprint density at radius 1 is 0.229 bits per heavy atom. The van der Waals surface area contributed by atoms with Gasteiger partial charge in [0.2, 0.25) is 0 Å². The molecule has 0 fully saturated rings. The number of fused-ring (bicyclic) bond motifs is 33. The summed E-state index contributed by atoms with van der Waals surface area (Å²) in [5.74, 6) is 0.264. The first-order chi connectivity index (χ1) is 57.4. The lowest BCUT2D eigenvalue weighted by atomic mass is 9.75. The third kappa shape index (κ3) is 8.66. The van der Waals surface area contributed by atoms with Gasteiger partial charge in [-0.05, 0) is 146 Å². The molecule has 0 saturated heterocycles. The van der Waals surface area contributed by atoms with Gasteiger partial charge in [0.25, 0.3) is 0 Å². The molecule has 10 heterocycles.